The first kappa shape index (κ1) is 45.8. The summed E-state index contributed by atoms with van der Waals surface area (Å²) in [5, 5.41) is 0. The molecule has 0 nitrogen and oxygen atoms in total. The van der Waals surface area contributed by atoms with Crippen molar-refractivity contribution in [3.8, 4) is 17.8 Å². The molecule has 0 aromatic heterocycles. The zero-order valence-corrected chi connectivity index (χ0v) is 30.9. The molecule has 0 N–H and O–H groups in total. The average Bonchev–Trinajstić information content (AvgIpc) is 2.93. The van der Waals surface area contributed by atoms with Crippen molar-refractivity contribution in [1.82, 2.24) is 0 Å². The van der Waals surface area contributed by atoms with Crippen molar-refractivity contribution in [2.75, 3.05) is 37.0 Å². The molecule has 0 fully saturated rings. The summed E-state index contributed by atoms with van der Waals surface area (Å²) in [5.41, 5.74) is 1.76. The smallest absolute Gasteiger partial charge is 0.366 e. The van der Waals surface area contributed by atoms with E-state index in [0.29, 0.717) is 0 Å². The third kappa shape index (κ3) is 32.2. The van der Waals surface area contributed by atoms with Crippen molar-refractivity contribution in [1.29, 1.82) is 0 Å². The summed E-state index contributed by atoms with van der Waals surface area (Å²) in [4.78, 5) is 0. The van der Waals surface area contributed by atoms with Crippen LogP contribution in [-0.4, -0.2) is 37.0 Å². The molecule has 0 spiro atoms. The molecule has 0 aliphatic carbocycles. The van der Waals surface area contributed by atoms with E-state index in [9.17, 15) is 0 Å². The van der Waals surface area contributed by atoms with Crippen LogP contribution in [0.15, 0.2) is 24.3 Å². The van der Waals surface area contributed by atoms with Crippen molar-refractivity contribution in [2.24, 2.45) is 0 Å². The first-order valence-corrected chi connectivity index (χ1v) is 19.9. The van der Waals surface area contributed by atoms with Crippen LogP contribution in [0.5, 0.6) is 0 Å². The van der Waals surface area contributed by atoms with Crippen LogP contribution in [0, 0.1) is 31.6 Å². The van der Waals surface area contributed by atoms with Gasteiger partial charge < -0.3 is 13.9 Å². The Bertz CT molecular complexity index is 619. The monoisotopic (exact) mass is 666 g/mol. The van der Waals surface area contributed by atoms with Gasteiger partial charge >= 0.3 is 20.4 Å². The van der Waals surface area contributed by atoms with E-state index in [1.54, 1.807) is 43.9 Å². The summed E-state index contributed by atoms with van der Waals surface area (Å²) in [6.45, 7) is 15.7. The van der Waals surface area contributed by atoms with Crippen LogP contribution in [0.25, 0.3) is 0 Å². The quantitative estimate of drug-likeness (QED) is 0.0633. The molecule has 0 saturated carbocycles. The van der Waals surface area contributed by atoms with E-state index >= 15 is 0 Å². The molecule has 1 rings (SSSR count). The van der Waals surface area contributed by atoms with Gasteiger partial charge in [0.2, 0.25) is 0 Å². The van der Waals surface area contributed by atoms with Gasteiger partial charge in [0.25, 0.3) is 0 Å². The van der Waals surface area contributed by atoms with E-state index in [0.717, 1.165) is 11.1 Å². The van der Waals surface area contributed by atoms with E-state index < -0.39 is 0 Å². The molecular weight excluding hydrogens is 601 g/mol. The number of hydrogen-bond donors (Lipinski definition) is 0. The Balaban J connectivity index is -0.000000230. The van der Waals surface area contributed by atoms with Gasteiger partial charge in [-0.05, 0) is 45.4 Å². The fraction of sp³-hybridized carbons (Fsp3) is 0.694. The predicted molar refractivity (Wildman–Crippen MR) is 187 cm³/mol. The predicted octanol–water partition coefficient (Wildman–Crippen LogP) is 11.6. The minimum atomic E-state index is 0. The van der Waals surface area contributed by atoms with Crippen molar-refractivity contribution >= 4 is 15.8 Å². The van der Waals surface area contributed by atoms with Crippen molar-refractivity contribution in [3.63, 3.8) is 0 Å². The molecule has 1 aromatic rings. The Labute approximate surface area is 264 Å². The van der Waals surface area contributed by atoms with E-state index in [2.05, 4.69) is 59.3 Å². The molecular formula is C36H66P2Pd+2. The molecule has 1 aromatic carbocycles. The van der Waals surface area contributed by atoms with Crippen LogP contribution in [0.1, 0.15) is 137 Å². The molecule has 0 radical (unpaired) electrons. The van der Waals surface area contributed by atoms with Gasteiger partial charge in [-0.2, -0.15) is 0 Å². The Hall–Kier alpha value is -0.138. The minimum Gasteiger partial charge on any atom is -0.366 e. The molecule has 0 aliphatic heterocycles. The summed E-state index contributed by atoms with van der Waals surface area (Å²) >= 11 is 0. The minimum absolute atomic E-state index is 0. The van der Waals surface area contributed by atoms with Crippen molar-refractivity contribution in [3.05, 3.63) is 49.2 Å². The average molecular weight is 667 g/mol. The zero-order chi connectivity index (χ0) is 28.0. The topological polar surface area (TPSA) is 0 Å². The van der Waals surface area contributed by atoms with E-state index in [4.69, 9.17) is 6.42 Å². The molecule has 39 heavy (non-hydrogen) atoms. The summed E-state index contributed by atoms with van der Waals surface area (Å²) in [6.07, 6.45) is 33.6. The second-order valence-electron chi connectivity index (χ2n) is 10.2. The van der Waals surface area contributed by atoms with Crippen LogP contribution in [0.3, 0.4) is 0 Å². The molecule has 0 aliphatic rings. The molecule has 0 saturated heterocycles. The number of hydrogen-bond acceptors (Lipinski definition) is 0. The summed E-state index contributed by atoms with van der Waals surface area (Å²) in [6, 6.07) is 7.42. The Morgan fingerprint density at radius 2 is 0.795 bits per heavy atom. The normalized spacial score (nSPS) is 9.54. The standard InChI is InChI=1S/2C12H27P.C11H7.CH3.Pd/c2*1-4-7-10-13(11-8-5-2)12-9-6-3;1-3-5-11-8-6-10(4-2)7-9-11;;/h2*4-12H2,1-3H3;6-9H,1H3;1H3;/q;;2*-1;+2/p+2. The fourth-order valence-corrected chi connectivity index (χ4v) is 10.7. The molecule has 228 valence electrons. The molecule has 0 amide bonds. The van der Waals surface area contributed by atoms with E-state index in [-0.39, 0.29) is 43.7 Å². The molecule has 0 heterocycles. The van der Waals surface area contributed by atoms with Crippen molar-refractivity contribution < 1.29 is 20.4 Å². The first-order chi connectivity index (χ1) is 18.1. The van der Waals surface area contributed by atoms with Gasteiger partial charge in [0.15, 0.2) is 0 Å². The van der Waals surface area contributed by atoms with Gasteiger partial charge in [-0.3, -0.25) is 5.92 Å². The van der Waals surface area contributed by atoms with Gasteiger partial charge in [-0.25, -0.2) is 0 Å². The summed E-state index contributed by atoms with van der Waals surface area (Å²) in [7, 11) is 0.135. The SMILES string of the molecule is CCCC[PH+](CCCC)CCCC.CCCC[PH+](CCCC)CCCC.[C-]#Cc1ccc(C#CC)cc1.[CH3-].[Pd+2]. The maximum Gasteiger partial charge on any atom is 2.00 e. The van der Waals surface area contributed by atoms with Crippen LogP contribution in [0.2, 0.25) is 0 Å². The maximum absolute atomic E-state index is 6.83. The molecule has 0 atom stereocenters. The van der Waals surface area contributed by atoms with Crippen molar-refractivity contribution in [2.45, 2.75) is 126 Å². The number of rotatable bonds is 18. The number of benzene rings is 1. The zero-order valence-electron chi connectivity index (χ0n) is 27.4. The second-order valence-corrected chi connectivity index (χ2v) is 16.2. The van der Waals surface area contributed by atoms with Crippen LogP contribution in [0.4, 0.5) is 0 Å². The van der Waals surface area contributed by atoms with Crippen LogP contribution < -0.4 is 0 Å². The largest absolute Gasteiger partial charge is 2.00 e. The second kappa shape index (κ2) is 37.9. The maximum atomic E-state index is 6.83. The van der Waals surface area contributed by atoms with E-state index in [1.165, 1.54) is 77.0 Å². The van der Waals surface area contributed by atoms with Crippen LogP contribution >= 0.6 is 15.8 Å². The molecule has 3 heteroatoms. The molecule has 0 bridgehead atoms. The van der Waals surface area contributed by atoms with Gasteiger partial charge in [0.05, 0.1) is 37.0 Å². The third-order valence-electron chi connectivity index (χ3n) is 6.60. The fourth-order valence-electron chi connectivity index (χ4n) is 4.09. The van der Waals surface area contributed by atoms with Gasteiger partial charge in [0, 0.05) is 21.4 Å². The number of unbranched alkanes of at least 4 members (excludes halogenated alkanes) is 6. The van der Waals surface area contributed by atoms with Gasteiger partial charge in [-0.1, -0.05) is 98.1 Å². The molecule has 0 unspecified atom stereocenters. The Morgan fingerprint density at radius 3 is 1.00 bits per heavy atom. The Kier molecular flexibility index (Phi) is 44.5. The van der Waals surface area contributed by atoms with Gasteiger partial charge in [0.1, 0.15) is 0 Å². The van der Waals surface area contributed by atoms with Crippen LogP contribution in [-0.2, 0) is 20.4 Å². The summed E-state index contributed by atoms with van der Waals surface area (Å²) in [5.74, 6) is 8.02. The van der Waals surface area contributed by atoms with E-state index in [1.807, 2.05) is 24.3 Å². The Morgan fingerprint density at radius 1 is 0.538 bits per heavy atom. The summed E-state index contributed by atoms with van der Waals surface area (Å²) < 4.78 is 0. The third-order valence-corrected chi connectivity index (χ3v) is 13.0. The first-order valence-electron chi connectivity index (χ1n) is 15.7. The van der Waals surface area contributed by atoms with Gasteiger partial charge in [-0.15, -0.1) is 23.6 Å².